The minimum Gasteiger partial charge on any atom is -0.297 e. The van der Waals surface area contributed by atoms with Crippen LogP contribution >= 0.6 is 0 Å². The summed E-state index contributed by atoms with van der Waals surface area (Å²) in [5.41, 5.74) is 3.86. The second kappa shape index (κ2) is 5.74. The molecule has 0 radical (unpaired) electrons. The van der Waals surface area contributed by atoms with Gasteiger partial charge in [-0.05, 0) is 33.6 Å². The van der Waals surface area contributed by atoms with Gasteiger partial charge in [0, 0.05) is 49.8 Å². The highest BCUT2D eigenvalue weighted by atomic mass is 15.4. The summed E-state index contributed by atoms with van der Waals surface area (Å²) in [6.07, 6.45) is 3.55. The summed E-state index contributed by atoms with van der Waals surface area (Å²) < 4.78 is 4.25. The Morgan fingerprint density at radius 3 is 2.61 bits per heavy atom. The maximum Gasteiger partial charge on any atom is 0.154 e. The SMILES string of the molecule is CCn1nc(C)c(CN2CCc3nc(C4CC4)nn3CC2)c1C. The molecule has 2 aromatic heterocycles. The van der Waals surface area contributed by atoms with E-state index in [0.717, 1.165) is 45.0 Å². The molecule has 0 saturated heterocycles. The van der Waals surface area contributed by atoms with E-state index in [1.165, 1.54) is 35.6 Å². The molecule has 0 bridgehead atoms. The van der Waals surface area contributed by atoms with E-state index in [2.05, 4.69) is 40.1 Å². The molecule has 0 spiro atoms. The molecule has 0 unspecified atom stereocenters. The minimum atomic E-state index is 0.649. The third-order valence-electron chi connectivity index (χ3n) is 5.20. The first-order chi connectivity index (χ1) is 11.2. The zero-order chi connectivity index (χ0) is 16.0. The molecule has 1 aliphatic heterocycles. The van der Waals surface area contributed by atoms with Crippen molar-refractivity contribution in [1.82, 2.24) is 29.4 Å². The van der Waals surface area contributed by atoms with E-state index in [4.69, 9.17) is 10.1 Å². The van der Waals surface area contributed by atoms with Crippen LogP contribution in [0.4, 0.5) is 0 Å². The van der Waals surface area contributed by atoms with Crippen molar-refractivity contribution < 1.29 is 0 Å². The molecule has 1 aliphatic carbocycles. The number of aryl methyl sites for hydroxylation is 2. The van der Waals surface area contributed by atoms with Crippen molar-refractivity contribution in [2.45, 2.75) is 65.6 Å². The Kier molecular flexibility index (Phi) is 3.71. The molecular formula is C17H26N6. The number of hydrogen-bond donors (Lipinski definition) is 0. The quantitative estimate of drug-likeness (QED) is 0.867. The Morgan fingerprint density at radius 1 is 1.09 bits per heavy atom. The van der Waals surface area contributed by atoms with Crippen molar-refractivity contribution in [1.29, 1.82) is 0 Å². The molecule has 0 atom stereocenters. The summed E-state index contributed by atoms with van der Waals surface area (Å²) in [6.45, 7) is 11.4. The Balaban J connectivity index is 1.46. The van der Waals surface area contributed by atoms with Crippen LogP contribution in [0.5, 0.6) is 0 Å². The first-order valence-corrected chi connectivity index (χ1v) is 8.84. The molecule has 2 aromatic rings. The molecule has 0 aromatic carbocycles. The van der Waals surface area contributed by atoms with Crippen molar-refractivity contribution in [3.63, 3.8) is 0 Å². The van der Waals surface area contributed by atoms with Gasteiger partial charge in [-0.2, -0.15) is 10.2 Å². The van der Waals surface area contributed by atoms with Gasteiger partial charge in [0.2, 0.25) is 0 Å². The smallest absolute Gasteiger partial charge is 0.154 e. The highest BCUT2D eigenvalue weighted by Crippen LogP contribution is 2.38. The van der Waals surface area contributed by atoms with Crippen LogP contribution in [-0.2, 0) is 26.1 Å². The molecule has 6 nitrogen and oxygen atoms in total. The summed E-state index contributed by atoms with van der Waals surface area (Å²) in [7, 11) is 0. The third-order valence-corrected chi connectivity index (χ3v) is 5.20. The summed E-state index contributed by atoms with van der Waals surface area (Å²) in [6, 6.07) is 0. The fraction of sp³-hybridized carbons (Fsp3) is 0.706. The number of hydrogen-bond acceptors (Lipinski definition) is 4. The second-order valence-electron chi connectivity index (χ2n) is 6.87. The normalized spacial score (nSPS) is 18.9. The molecular weight excluding hydrogens is 288 g/mol. The van der Waals surface area contributed by atoms with Crippen LogP contribution in [0.3, 0.4) is 0 Å². The zero-order valence-electron chi connectivity index (χ0n) is 14.4. The van der Waals surface area contributed by atoms with Crippen LogP contribution in [0, 0.1) is 13.8 Å². The van der Waals surface area contributed by atoms with Crippen LogP contribution < -0.4 is 0 Å². The van der Waals surface area contributed by atoms with Gasteiger partial charge in [-0.25, -0.2) is 9.67 Å². The first-order valence-electron chi connectivity index (χ1n) is 8.84. The summed E-state index contributed by atoms with van der Waals surface area (Å²) in [5, 5.41) is 9.37. The van der Waals surface area contributed by atoms with Gasteiger partial charge >= 0.3 is 0 Å². The molecule has 1 saturated carbocycles. The van der Waals surface area contributed by atoms with Gasteiger partial charge in [-0.15, -0.1) is 0 Å². The molecule has 0 N–H and O–H groups in total. The Labute approximate surface area is 137 Å². The fourth-order valence-corrected chi connectivity index (χ4v) is 3.53. The van der Waals surface area contributed by atoms with E-state index >= 15 is 0 Å². The first kappa shape index (κ1) is 14.9. The van der Waals surface area contributed by atoms with Gasteiger partial charge in [0.25, 0.3) is 0 Å². The number of rotatable bonds is 4. The monoisotopic (exact) mass is 314 g/mol. The highest BCUT2D eigenvalue weighted by Gasteiger charge is 2.29. The largest absolute Gasteiger partial charge is 0.297 e. The molecule has 3 heterocycles. The van der Waals surface area contributed by atoms with Gasteiger partial charge in [-0.3, -0.25) is 9.58 Å². The van der Waals surface area contributed by atoms with Crippen molar-refractivity contribution in [2.75, 3.05) is 13.1 Å². The van der Waals surface area contributed by atoms with Gasteiger partial charge in [0.05, 0.1) is 12.2 Å². The number of nitrogens with zero attached hydrogens (tertiary/aromatic N) is 6. The average Bonchev–Trinajstić information content (AvgIpc) is 3.30. The summed E-state index contributed by atoms with van der Waals surface area (Å²) in [4.78, 5) is 7.29. The van der Waals surface area contributed by atoms with Crippen LogP contribution in [0.15, 0.2) is 0 Å². The van der Waals surface area contributed by atoms with Gasteiger partial charge in [0.15, 0.2) is 5.82 Å². The lowest BCUT2D eigenvalue weighted by Gasteiger charge is -2.19. The van der Waals surface area contributed by atoms with Crippen molar-refractivity contribution >= 4 is 0 Å². The third kappa shape index (κ3) is 2.80. The molecule has 2 aliphatic rings. The maximum absolute atomic E-state index is 4.78. The molecule has 1 fully saturated rings. The van der Waals surface area contributed by atoms with Crippen LogP contribution in [-0.4, -0.2) is 42.5 Å². The standard InChI is InChI=1S/C17H26N6/c1-4-22-13(3)15(12(2)19-22)11-21-8-7-16-18-17(14-5-6-14)20-23(16)10-9-21/h14H,4-11H2,1-3H3. The number of fused-ring (bicyclic) bond motifs is 1. The fourth-order valence-electron chi connectivity index (χ4n) is 3.53. The molecule has 23 heavy (non-hydrogen) atoms. The Bertz CT molecular complexity index is 683. The van der Waals surface area contributed by atoms with Crippen molar-refractivity contribution in [3.05, 3.63) is 28.6 Å². The van der Waals surface area contributed by atoms with Crippen molar-refractivity contribution in [3.8, 4) is 0 Å². The second-order valence-corrected chi connectivity index (χ2v) is 6.87. The minimum absolute atomic E-state index is 0.649. The topological polar surface area (TPSA) is 51.8 Å². The van der Waals surface area contributed by atoms with Crippen LogP contribution in [0.1, 0.15) is 54.3 Å². The lowest BCUT2D eigenvalue weighted by Crippen LogP contribution is -2.27. The zero-order valence-corrected chi connectivity index (χ0v) is 14.4. The number of aromatic nitrogens is 5. The summed E-state index contributed by atoms with van der Waals surface area (Å²) in [5.74, 6) is 2.91. The molecule has 124 valence electrons. The molecule has 4 rings (SSSR count). The Morgan fingerprint density at radius 2 is 1.91 bits per heavy atom. The van der Waals surface area contributed by atoms with E-state index in [1.54, 1.807) is 0 Å². The van der Waals surface area contributed by atoms with Gasteiger partial charge in [-0.1, -0.05) is 0 Å². The van der Waals surface area contributed by atoms with Crippen LogP contribution in [0.2, 0.25) is 0 Å². The van der Waals surface area contributed by atoms with E-state index in [0.29, 0.717) is 5.92 Å². The van der Waals surface area contributed by atoms with E-state index in [9.17, 15) is 0 Å². The van der Waals surface area contributed by atoms with Crippen molar-refractivity contribution in [2.24, 2.45) is 0 Å². The lowest BCUT2D eigenvalue weighted by molar-refractivity contribution is 0.267. The predicted molar refractivity (Wildman–Crippen MR) is 88.4 cm³/mol. The Hall–Kier alpha value is -1.69. The van der Waals surface area contributed by atoms with Gasteiger partial charge in [0.1, 0.15) is 5.82 Å². The van der Waals surface area contributed by atoms with Crippen LogP contribution in [0.25, 0.3) is 0 Å². The molecule has 6 heteroatoms. The lowest BCUT2D eigenvalue weighted by atomic mass is 10.2. The summed E-state index contributed by atoms with van der Waals surface area (Å²) >= 11 is 0. The van der Waals surface area contributed by atoms with E-state index in [-0.39, 0.29) is 0 Å². The van der Waals surface area contributed by atoms with Gasteiger partial charge < -0.3 is 0 Å². The predicted octanol–water partition coefficient (Wildman–Crippen LogP) is 2.05. The highest BCUT2D eigenvalue weighted by molar-refractivity contribution is 5.24. The van der Waals surface area contributed by atoms with E-state index < -0.39 is 0 Å². The average molecular weight is 314 g/mol. The van der Waals surface area contributed by atoms with E-state index in [1.807, 2.05) is 0 Å². The maximum atomic E-state index is 4.78. The molecule has 0 amide bonds.